The maximum absolute atomic E-state index is 13.2. The van der Waals surface area contributed by atoms with Gasteiger partial charge in [-0.1, -0.05) is 44.5 Å². The number of carbonyl (C=O) groups excluding carboxylic acids is 2. The number of guanidine groups is 1. The van der Waals surface area contributed by atoms with E-state index < -0.39 is 6.04 Å². The quantitative estimate of drug-likeness (QED) is 0.708. The number of amides is 3. The zero-order chi connectivity index (χ0) is 19.1. The number of aliphatic imine (C=N–C) groups is 1. The molecule has 0 aromatic carbocycles. The second-order valence-corrected chi connectivity index (χ2v) is 8.56. The molecule has 4 rings (SSSR count). The highest BCUT2D eigenvalue weighted by molar-refractivity contribution is 6.22. The predicted octanol–water partition coefficient (Wildman–Crippen LogP) is 2.11. The monoisotopic (exact) mass is 374 g/mol. The Kier molecular flexibility index (Phi) is 4.95. The third-order valence-electron chi connectivity index (χ3n) is 6.41. The Bertz CT molecular complexity index is 694. The van der Waals surface area contributed by atoms with E-state index in [1.165, 1.54) is 37.0 Å². The number of amidine groups is 1. The van der Waals surface area contributed by atoms with Crippen LogP contribution >= 0.6 is 0 Å². The van der Waals surface area contributed by atoms with Crippen molar-refractivity contribution in [2.75, 3.05) is 26.7 Å². The van der Waals surface area contributed by atoms with E-state index >= 15 is 0 Å². The molecule has 0 bridgehead atoms. The molecule has 0 N–H and O–H groups in total. The van der Waals surface area contributed by atoms with Gasteiger partial charge in [-0.2, -0.15) is 0 Å². The van der Waals surface area contributed by atoms with Crippen molar-refractivity contribution in [2.45, 2.75) is 70.9 Å². The second kappa shape index (κ2) is 7.24. The Labute approximate surface area is 161 Å². The van der Waals surface area contributed by atoms with Crippen LogP contribution in [0.4, 0.5) is 4.79 Å². The molecule has 7 nitrogen and oxygen atoms in total. The molecule has 0 aromatic rings. The van der Waals surface area contributed by atoms with Gasteiger partial charge in [0.15, 0.2) is 0 Å². The number of unbranched alkanes of at least 4 members (excludes halogenated alkanes) is 1. The van der Waals surface area contributed by atoms with E-state index in [1.54, 1.807) is 11.9 Å². The normalized spacial score (nSPS) is 29.3. The van der Waals surface area contributed by atoms with Crippen molar-refractivity contribution in [1.29, 1.82) is 0 Å². The van der Waals surface area contributed by atoms with Gasteiger partial charge in [0.25, 0.3) is 5.91 Å². The van der Waals surface area contributed by atoms with Gasteiger partial charge < -0.3 is 0 Å². The van der Waals surface area contributed by atoms with Crippen LogP contribution in [0.3, 0.4) is 0 Å². The van der Waals surface area contributed by atoms with Gasteiger partial charge in [-0.3, -0.25) is 19.5 Å². The molecular weight excluding hydrogens is 342 g/mol. The molecule has 3 heterocycles. The molecule has 3 amide bonds. The minimum atomic E-state index is -0.437. The summed E-state index contributed by atoms with van der Waals surface area (Å²) in [6.07, 6.45) is 8.05. The van der Waals surface area contributed by atoms with E-state index in [1.807, 2.05) is 0 Å². The largest absolute Gasteiger partial charge is 0.392 e. The van der Waals surface area contributed by atoms with E-state index in [4.69, 9.17) is 4.99 Å². The van der Waals surface area contributed by atoms with Gasteiger partial charge in [0.2, 0.25) is 11.9 Å². The van der Waals surface area contributed by atoms with Crippen molar-refractivity contribution in [3.05, 3.63) is 0 Å². The number of imide groups is 1. The van der Waals surface area contributed by atoms with Crippen LogP contribution < -0.4 is 0 Å². The first-order chi connectivity index (χ1) is 13.0. The number of fused-ring (bicyclic) bond motifs is 2. The van der Waals surface area contributed by atoms with Crippen molar-refractivity contribution >= 4 is 23.7 Å². The Morgan fingerprint density at radius 3 is 2.63 bits per heavy atom. The zero-order valence-electron chi connectivity index (χ0n) is 16.9. The highest BCUT2D eigenvalue weighted by atomic mass is 16.2. The molecule has 7 heteroatoms. The Morgan fingerprint density at radius 2 is 1.93 bits per heavy atom. The molecule has 1 aliphatic carbocycles. The number of hydrogen-bond acceptors (Lipinski definition) is 4. The second-order valence-electron chi connectivity index (χ2n) is 8.56. The van der Waals surface area contributed by atoms with Gasteiger partial charge in [-0.05, 0) is 19.3 Å². The van der Waals surface area contributed by atoms with Crippen molar-refractivity contribution in [1.82, 2.24) is 14.7 Å². The van der Waals surface area contributed by atoms with Crippen molar-refractivity contribution in [3.63, 3.8) is 0 Å². The highest BCUT2D eigenvalue weighted by Gasteiger charge is 2.55. The first-order valence-electron chi connectivity index (χ1n) is 10.6. The van der Waals surface area contributed by atoms with E-state index in [9.17, 15) is 9.59 Å². The SMILES string of the molecule is CCCCN1C(=O)C2C(=NC3=[N+]2CC(C)CN3C2CCCCC2)N(C)C1=O. The maximum Gasteiger partial charge on any atom is 0.392 e. The van der Waals surface area contributed by atoms with Gasteiger partial charge in [-0.15, -0.1) is 0 Å². The van der Waals surface area contributed by atoms with E-state index in [0.29, 0.717) is 24.3 Å². The van der Waals surface area contributed by atoms with Crippen LogP contribution in [0.2, 0.25) is 0 Å². The molecule has 2 fully saturated rings. The minimum Gasteiger partial charge on any atom is -0.270 e. The summed E-state index contributed by atoms with van der Waals surface area (Å²) >= 11 is 0. The lowest BCUT2D eigenvalue weighted by molar-refractivity contribution is -0.552. The molecule has 3 aliphatic heterocycles. The third-order valence-corrected chi connectivity index (χ3v) is 6.41. The smallest absolute Gasteiger partial charge is 0.270 e. The van der Waals surface area contributed by atoms with Crippen LogP contribution in [-0.2, 0) is 4.79 Å². The highest BCUT2D eigenvalue weighted by Crippen LogP contribution is 2.30. The Balaban J connectivity index is 1.68. The molecule has 0 radical (unpaired) electrons. The third kappa shape index (κ3) is 3.05. The summed E-state index contributed by atoms with van der Waals surface area (Å²) in [7, 11) is 1.76. The summed E-state index contributed by atoms with van der Waals surface area (Å²) < 4.78 is 2.17. The summed E-state index contributed by atoms with van der Waals surface area (Å²) in [5.41, 5.74) is 0. The number of nitrogens with zero attached hydrogens (tertiary/aromatic N) is 5. The average molecular weight is 375 g/mol. The van der Waals surface area contributed by atoms with Gasteiger partial charge >= 0.3 is 12.0 Å². The summed E-state index contributed by atoms with van der Waals surface area (Å²) in [5.74, 6) is 1.91. The minimum absolute atomic E-state index is 0.0991. The molecule has 4 aliphatic rings. The number of urea groups is 1. The standard InChI is InChI=1S/C20H32N5O2/c1-4-5-11-23-18(26)16-17(22(3)20(23)27)21-19-24(12-14(2)13-25(16)19)15-9-7-6-8-10-15/h14-16H,4-13H2,1-3H3/q+1. The number of carbonyl (C=O) groups is 2. The molecule has 0 spiro atoms. The van der Waals surface area contributed by atoms with Crippen LogP contribution in [-0.4, -0.2) is 81.8 Å². The number of rotatable bonds is 4. The first kappa shape index (κ1) is 18.4. The topological polar surface area (TPSA) is 59.2 Å². The van der Waals surface area contributed by atoms with Crippen molar-refractivity contribution in [3.8, 4) is 0 Å². The van der Waals surface area contributed by atoms with Gasteiger partial charge in [-0.25, -0.2) is 9.37 Å². The summed E-state index contributed by atoms with van der Waals surface area (Å²) in [4.78, 5) is 36.3. The van der Waals surface area contributed by atoms with Crippen LogP contribution in [0, 0.1) is 5.92 Å². The van der Waals surface area contributed by atoms with Crippen LogP contribution in [0.5, 0.6) is 0 Å². The number of hydrogen-bond donors (Lipinski definition) is 0. The molecular formula is C20H32N5O2+. The Hall–Kier alpha value is -1.92. The molecule has 148 valence electrons. The lowest BCUT2D eigenvalue weighted by atomic mass is 9.93. The molecule has 2 unspecified atom stereocenters. The fraction of sp³-hybridized carbons (Fsp3) is 0.800. The van der Waals surface area contributed by atoms with Gasteiger partial charge in [0.1, 0.15) is 0 Å². The Morgan fingerprint density at radius 1 is 1.19 bits per heavy atom. The van der Waals surface area contributed by atoms with E-state index in [0.717, 1.165) is 31.9 Å². The molecule has 0 aromatic heterocycles. The van der Waals surface area contributed by atoms with Crippen LogP contribution in [0.15, 0.2) is 4.99 Å². The predicted molar refractivity (Wildman–Crippen MR) is 104 cm³/mol. The van der Waals surface area contributed by atoms with Crippen LogP contribution in [0.25, 0.3) is 0 Å². The van der Waals surface area contributed by atoms with Crippen LogP contribution in [0.1, 0.15) is 58.8 Å². The zero-order valence-corrected chi connectivity index (χ0v) is 16.9. The van der Waals surface area contributed by atoms with Crippen molar-refractivity contribution < 1.29 is 14.2 Å². The fourth-order valence-electron chi connectivity index (χ4n) is 4.96. The van der Waals surface area contributed by atoms with Gasteiger partial charge in [0, 0.05) is 19.5 Å². The number of likely N-dealkylation sites (N-methyl/N-ethyl adjacent to an activating group) is 1. The lowest BCUT2D eigenvalue weighted by Crippen LogP contribution is -2.64. The molecule has 1 saturated carbocycles. The average Bonchev–Trinajstić information content (AvgIpc) is 3.06. The summed E-state index contributed by atoms with van der Waals surface area (Å²) in [6, 6.07) is -0.162. The molecule has 1 saturated heterocycles. The fourth-order valence-corrected chi connectivity index (χ4v) is 4.96. The van der Waals surface area contributed by atoms with E-state index in [-0.39, 0.29) is 11.9 Å². The molecule has 2 atom stereocenters. The van der Waals surface area contributed by atoms with Crippen molar-refractivity contribution in [2.24, 2.45) is 10.9 Å². The molecule has 27 heavy (non-hydrogen) atoms. The maximum atomic E-state index is 13.2. The summed E-state index contributed by atoms with van der Waals surface area (Å²) in [6.45, 7) is 6.64. The van der Waals surface area contributed by atoms with Gasteiger partial charge in [0.05, 0.1) is 19.1 Å². The van der Waals surface area contributed by atoms with E-state index in [2.05, 4.69) is 23.3 Å². The summed E-state index contributed by atoms with van der Waals surface area (Å²) in [5, 5.41) is 0. The lowest BCUT2D eigenvalue weighted by Gasteiger charge is -2.37. The first-order valence-corrected chi connectivity index (χ1v) is 10.6.